The number of para-hydroxylation sites is 1. The lowest BCUT2D eigenvalue weighted by molar-refractivity contribution is 0.100. The lowest BCUT2D eigenvalue weighted by Crippen LogP contribution is -2.13. The summed E-state index contributed by atoms with van der Waals surface area (Å²) in [6, 6.07) is 16.4. The van der Waals surface area contributed by atoms with Crippen LogP contribution in [0.5, 0.6) is 5.75 Å². The molecule has 2 heterocycles. The number of nitrogens with zero attached hydrogens (tertiary/aromatic N) is 3. The zero-order valence-electron chi connectivity index (χ0n) is 16.0. The highest BCUT2D eigenvalue weighted by molar-refractivity contribution is 6.01. The number of fused-ring (bicyclic) bond motifs is 1. The van der Waals surface area contributed by atoms with Crippen LogP contribution < -0.4 is 15.8 Å². The van der Waals surface area contributed by atoms with E-state index in [0.29, 0.717) is 28.6 Å². The number of pyridine rings is 1. The number of methoxy groups -OCH3 is 1. The van der Waals surface area contributed by atoms with Crippen molar-refractivity contribution in [1.29, 1.82) is 0 Å². The van der Waals surface area contributed by atoms with Gasteiger partial charge in [0.2, 0.25) is 0 Å². The number of aryl methyl sites for hydroxylation is 1. The number of hydrogen-bond donors (Lipinski definition) is 2. The number of anilines is 2. The van der Waals surface area contributed by atoms with Crippen LogP contribution in [0.1, 0.15) is 16.1 Å². The van der Waals surface area contributed by atoms with Gasteiger partial charge in [-0.15, -0.1) is 0 Å². The Kier molecular flexibility index (Phi) is 4.78. The SMILES string of the molecule is COc1ccc2nc(-c3ccc(C)nc3)nc(Nc3ccccc3C(N)=O)c2c1. The van der Waals surface area contributed by atoms with Crippen molar-refractivity contribution in [3.05, 3.63) is 72.1 Å². The molecule has 0 bridgehead atoms. The van der Waals surface area contributed by atoms with Crippen molar-refractivity contribution in [3.8, 4) is 17.1 Å². The van der Waals surface area contributed by atoms with Crippen molar-refractivity contribution in [1.82, 2.24) is 15.0 Å². The molecule has 4 rings (SSSR count). The first-order chi connectivity index (χ1) is 14.0. The van der Waals surface area contributed by atoms with Gasteiger partial charge >= 0.3 is 0 Å². The minimum absolute atomic E-state index is 0.376. The molecule has 2 aromatic carbocycles. The summed E-state index contributed by atoms with van der Waals surface area (Å²) >= 11 is 0. The first-order valence-corrected chi connectivity index (χ1v) is 9.00. The Balaban J connectivity index is 1.90. The predicted octanol–water partition coefficient (Wildman–Crippen LogP) is 3.85. The van der Waals surface area contributed by atoms with Crippen LogP contribution in [0.25, 0.3) is 22.3 Å². The second-order valence-corrected chi connectivity index (χ2v) is 6.50. The largest absolute Gasteiger partial charge is 0.497 e. The second kappa shape index (κ2) is 7.55. The first-order valence-electron chi connectivity index (χ1n) is 9.00. The van der Waals surface area contributed by atoms with Gasteiger partial charge in [-0.2, -0.15) is 0 Å². The monoisotopic (exact) mass is 385 g/mol. The maximum atomic E-state index is 11.8. The zero-order chi connectivity index (χ0) is 20.4. The van der Waals surface area contributed by atoms with Crippen LogP contribution >= 0.6 is 0 Å². The minimum Gasteiger partial charge on any atom is -0.497 e. The third-order valence-corrected chi connectivity index (χ3v) is 4.52. The minimum atomic E-state index is -0.521. The highest BCUT2D eigenvalue weighted by Gasteiger charge is 2.14. The molecule has 0 saturated carbocycles. The van der Waals surface area contributed by atoms with E-state index in [4.69, 9.17) is 15.5 Å². The molecule has 2 aromatic heterocycles. The van der Waals surface area contributed by atoms with Crippen LogP contribution in [0, 0.1) is 6.92 Å². The molecular formula is C22H19N5O2. The highest BCUT2D eigenvalue weighted by atomic mass is 16.5. The summed E-state index contributed by atoms with van der Waals surface area (Å²) in [6.45, 7) is 1.92. The predicted molar refractivity (Wildman–Crippen MR) is 112 cm³/mol. The van der Waals surface area contributed by atoms with Gasteiger partial charge in [0.05, 0.1) is 23.9 Å². The maximum absolute atomic E-state index is 11.8. The number of aromatic nitrogens is 3. The van der Waals surface area contributed by atoms with Gasteiger partial charge in [0, 0.05) is 22.8 Å². The molecule has 0 aliphatic carbocycles. The summed E-state index contributed by atoms with van der Waals surface area (Å²) in [7, 11) is 1.60. The van der Waals surface area contributed by atoms with Gasteiger partial charge < -0.3 is 15.8 Å². The summed E-state index contributed by atoms with van der Waals surface area (Å²) in [6.07, 6.45) is 1.74. The third-order valence-electron chi connectivity index (χ3n) is 4.52. The van der Waals surface area contributed by atoms with Crippen LogP contribution in [0.15, 0.2) is 60.8 Å². The van der Waals surface area contributed by atoms with Crippen LogP contribution in [-0.4, -0.2) is 28.0 Å². The smallest absolute Gasteiger partial charge is 0.250 e. The van der Waals surface area contributed by atoms with Crippen LogP contribution in [0.2, 0.25) is 0 Å². The van der Waals surface area contributed by atoms with E-state index in [2.05, 4.69) is 15.3 Å². The third kappa shape index (κ3) is 3.70. The standard InChI is InChI=1S/C22H19N5O2/c1-13-7-8-14(12-24-13)21-25-19-10-9-15(29-2)11-17(19)22(27-21)26-18-6-4-3-5-16(18)20(23)28/h3-12H,1-2H3,(H2,23,28)(H,25,26,27). The number of carbonyl (C=O) groups excluding carboxylic acids is 1. The van der Waals surface area contributed by atoms with Crippen molar-refractivity contribution in [2.45, 2.75) is 6.92 Å². The maximum Gasteiger partial charge on any atom is 0.250 e. The van der Waals surface area contributed by atoms with E-state index in [1.54, 1.807) is 31.5 Å². The number of rotatable bonds is 5. The molecule has 0 aliphatic rings. The molecule has 0 aliphatic heterocycles. The molecule has 7 heteroatoms. The van der Waals surface area contributed by atoms with Crippen molar-refractivity contribution in [2.24, 2.45) is 5.73 Å². The van der Waals surface area contributed by atoms with Gasteiger partial charge in [-0.1, -0.05) is 12.1 Å². The molecule has 0 fully saturated rings. The Hall–Kier alpha value is -4.00. The number of hydrogen-bond acceptors (Lipinski definition) is 6. The van der Waals surface area contributed by atoms with Crippen LogP contribution in [0.4, 0.5) is 11.5 Å². The topological polar surface area (TPSA) is 103 Å². The number of carbonyl (C=O) groups is 1. The summed E-state index contributed by atoms with van der Waals surface area (Å²) in [4.78, 5) is 25.5. The molecule has 0 unspecified atom stereocenters. The van der Waals surface area contributed by atoms with E-state index in [0.717, 1.165) is 22.2 Å². The summed E-state index contributed by atoms with van der Waals surface area (Å²) in [5.74, 6) is 1.22. The van der Waals surface area contributed by atoms with Gasteiger partial charge in [0.15, 0.2) is 5.82 Å². The number of ether oxygens (including phenoxy) is 1. The second-order valence-electron chi connectivity index (χ2n) is 6.50. The van der Waals surface area contributed by atoms with Crippen molar-refractivity contribution < 1.29 is 9.53 Å². The lowest BCUT2D eigenvalue weighted by atomic mass is 10.1. The first kappa shape index (κ1) is 18.4. The Bertz CT molecular complexity index is 1210. The summed E-state index contributed by atoms with van der Waals surface area (Å²) in [5, 5.41) is 4.00. The molecule has 144 valence electrons. The Morgan fingerprint density at radius 3 is 2.62 bits per heavy atom. The van der Waals surface area contributed by atoms with Gasteiger partial charge in [-0.3, -0.25) is 9.78 Å². The van der Waals surface area contributed by atoms with E-state index in [-0.39, 0.29) is 0 Å². The van der Waals surface area contributed by atoms with E-state index in [1.165, 1.54) is 0 Å². The van der Waals surface area contributed by atoms with Crippen LogP contribution in [-0.2, 0) is 0 Å². The molecule has 0 atom stereocenters. The molecule has 3 N–H and O–H groups in total. The Morgan fingerprint density at radius 1 is 1.07 bits per heavy atom. The Labute approximate surface area is 167 Å². The van der Waals surface area contributed by atoms with Crippen molar-refractivity contribution >= 4 is 28.3 Å². The fraction of sp³-hybridized carbons (Fsp3) is 0.0909. The molecule has 0 radical (unpaired) electrons. The molecule has 1 amide bonds. The van der Waals surface area contributed by atoms with Crippen molar-refractivity contribution in [3.63, 3.8) is 0 Å². The van der Waals surface area contributed by atoms with Crippen LogP contribution in [0.3, 0.4) is 0 Å². The normalized spacial score (nSPS) is 10.7. The number of benzene rings is 2. The number of primary amides is 1. The molecule has 0 saturated heterocycles. The molecule has 29 heavy (non-hydrogen) atoms. The van der Waals surface area contributed by atoms with E-state index < -0.39 is 5.91 Å². The van der Waals surface area contributed by atoms with Gasteiger partial charge in [0.25, 0.3) is 5.91 Å². The molecular weight excluding hydrogens is 366 g/mol. The quantitative estimate of drug-likeness (QED) is 0.541. The summed E-state index contributed by atoms with van der Waals surface area (Å²) < 4.78 is 5.35. The average Bonchev–Trinajstić information content (AvgIpc) is 2.74. The van der Waals surface area contributed by atoms with E-state index in [1.807, 2.05) is 43.3 Å². The molecule has 7 nitrogen and oxygen atoms in total. The Morgan fingerprint density at radius 2 is 1.90 bits per heavy atom. The molecule has 0 spiro atoms. The fourth-order valence-corrected chi connectivity index (χ4v) is 2.99. The summed E-state index contributed by atoms with van der Waals surface area (Å²) in [5.41, 5.74) is 8.90. The van der Waals surface area contributed by atoms with Gasteiger partial charge in [-0.05, 0) is 49.4 Å². The molecule has 4 aromatic rings. The van der Waals surface area contributed by atoms with Gasteiger partial charge in [-0.25, -0.2) is 9.97 Å². The zero-order valence-corrected chi connectivity index (χ0v) is 16.0. The van der Waals surface area contributed by atoms with Gasteiger partial charge in [0.1, 0.15) is 11.6 Å². The van der Waals surface area contributed by atoms with E-state index in [9.17, 15) is 4.79 Å². The number of nitrogens with two attached hydrogens (primary N) is 1. The lowest BCUT2D eigenvalue weighted by Gasteiger charge is -2.14. The number of amides is 1. The highest BCUT2D eigenvalue weighted by Crippen LogP contribution is 2.30. The number of nitrogens with one attached hydrogen (secondary N) is 1. The average molecular weight is 385 g/mol. The fourth-order valence-electron chi connectivity index (χ4n) is 2.99. The van der Waals surface area contributed by atoms with Crippen molar-refractivity contribution in [2.75, 3.05) is 12.4 Å². The van der Waals surface area contributed by atoms with E-state index >= 15 is 0 Å².